The molecular weight excluding hydrogens is 302 g/mol. The van der Waals surface area contributed by atoms with Gasteiger partial charge in [0.05, 0.1) is 11.5 Å². The molecule has 0 atom stereocenters. The lowest BCUT2D eigenvalue weighted by atomic mass is 10.2. The fourth-order valence-electron chi connectivity index (χ4n) is 1.48. The molecule has 2 N–H and O–H groups in total. The molecule has 0 unspecified atom stereocenters. The Morgan fingerprint density at radius 1 is 1.25 bits per heavy atom. The highest BCUT2D eigenvalue weighted by Crippen LogP contribution is 2.21. The first kappa shape index (κ1) is 16.9. The van der Waals surface area contributed by atoms with Crippen molar-refractivity contribution in [3.05, 3.63) is 29.6 Å². The van der Waals surface area contributed by atoms with Gasteiger partial charge < -0.3 is 5.11 Å². The zero-order valence-electron chi connectivity index (χ0n) is 10.2. The maximum atomic E-state index is 13.0. The summed E-state index contributed by atoms with van der Waals surface area (Å²) in [5, 5.41) is 8.99. The number of hydrogen-bond donors (Lipinski definition) is 2. The Morgan fingerprint density at radius 2 is 1.90 bits per heavy atom. The molecule has 0 aliphatic carbocycles. The number of hydrogen-bond acceptors (Lipinski definition) is 3. The highest BCUT2D eigenvalue weighted by Gasteiger charge is 2.26. The van der Waals surface area contributed by atoms with Crippen LogP contribution in [0.1, 0.15) is 18.4 Å². The van der Waals surface area contributed by atoms with Crippen molar-refractivity contribution in [1.82, 2.24) is 4.72 Å². The van der Waals surface area contributed by atoms with Crippen LogP contribution in [0.2, 0.25) is 0 Å². The van der Waals surface area contributed by atoms with Crippen LogP contribution in [-0.4, -0.2) is 26.2 Å². The van der Waals surface area contributed by atoms with Crippen LogP contribution in [0.4, 0.5) is 17.6 Å². The van der Waals surface area contributed by atoms with Crippen LogP contribution in [0.15, 0.2) is 23.1 Å². The second-order valence-electron chi connectivity index (χ2n) is 4.03. The molecule has 0 spiro atoms. The van der Waals surface area contributed by atoms with Crippen LogP contribution < -0.4 is 4.72 Å². The molecule has 0 aromatic heterocycles. The monoisotopic (exact) mass is 315 g/mol. The normalized spacial score (nSPS) is 12.7. The Morgan fingerprint density at radius 3 is 2.45 bits per heavy atom. The predicted octanol–water partition coefficient (Wildman–Crippen LogP) is 1.94. The van der Waals surface area contributed by atoms with Gasteiger partial charge in [-0.05, 0) is 24.1 Å². The summed E-state index contributed by atoms with van der Waals surface area (Å²) in [6.07, 6.45) is -5.90. The number of nitrogens with one attached hydrogen (secondary N) is 1. The van der Waals surface area contributed by atoms with E-state index in [1.807, 2.05) is 4.72 Å². The van der Waals surface area contributed by atoms with Crippen LogP contribution >= 0.6 is 0 Å². The minimum Gasteiger partial charge on any atom is -0.392 e. The summed E-state index contributed by atoms with van der Waals surface area (Å²) in [4.78, 5) is -0.480. The zero-order valence-corrected chi connectivity index (χ0v) is 11.1. The molecule has 0 radical (unpaired) electrons. The zero-order chi connectivity index (χ0) is 15.4. The quantitative estimate of drug-likeness (QED) is 0.623. The molecule has 1 aromatic rings. The Bertz CT molecular complexity index is 557. The van der Waals surface area contributed by atoms with E-state index in [0.717, 1.165) is 12.1 Å². The summed E-state index contributed by atoms with van der Waals surface area (Å²) in [6, 6.07) is 2.78. The fraction of sp³-hybridized carbons (Fsp3) is 0.455. The van der Waals surface area contributed by atoms with Crippen molar-refractivity contribution >= 4 is 10.0 Å². The molecule has 20 heavy (non-hydrogen) atoms. The highest BCUT2D eigenvalue weighted by atomic mass is 32.2. The minimum atomic E-state index is -4.36. The van der Waals surface area contributed by atoms with Crippen LogP contribution in [-0.2, 0) is 16.6 Å². The first-order valence-electron chi connectivity index (χ1n) is 5.61. The van der Waals surface area contributed by atoms with Gasteiger partial charge in [0, 0.05) is 13.0 Å². The summed E-state index contributed by atoms with van der Waals surface area (Å²) in [7, 11) is -4.16. The number of aliphatic hydroxyl groups is 1. The number of benzene rings is 1. The van der Waals surface area contributed by atoms with Crippen LogP contribution in [0.25, 0.3) is 0 Å². The van der Waals surface area contributed by atoms with E-state index < -0.39 is 52.9 Å². The van der Waals surface area contributed by atoms with Gasteiger partial charge in [0.2, 0.25) is 10.0 Å². The van der Waals surface area contributed by atoms with Gasteiger partial charge in [0.15, 0.2) is 0 Å². The van der Waals surface area contributed by atoms with Gasteiger partial charge in [-0.1, -0.05) is 6.07 Å². The van der Waals surface area contributed by atoms with E-state index in [-0.39, 0.29) is 5.56 Å². The summed E-state index contributed by atoms with van der Waals surface area (Å²) >= 11 is 0. The topological polar surface area (TPSA) is 66.4 Å². The maximum absolute atomic E-state index is 13.0. The van der Waals surface area contributed by atoms with E-state index in [9.17, 15) is 26.0 Å². The number of sulfonamides is 1. The summed E-state index contributed by atoms with van der Waals surface area (Å²) in [5.74, 6) is -0.821. The second-order valence-corrected chi connectivity index (χ2v) is 5.76. The molecule has 0 bridgehead atoms. The van der Waals surface area contributed by atoms with E-state index in [0.29, 0.717) is 6.07 Å². The van der Waals surface area contributed by atoms with Crippen molar-refractivity contribution < 1.29 is 31.1 Å². The lowest BCUT2D eigenvalue weighted by molar-refractivity contribution is -0.135. The van der Waals surface area contributed by atoms with Gasteiger partial charge in [0.25, 0.3) is 0 Å². The van der Waals surface area contributed by atoms with Crippen molar-refractivity contribution in [3.63, 3.8) is 0 Å². The van der Waals surface area contributed by atoms with Crippen LogP contribution in [0.5, 0.6) is 0 Å². The van der Waals surface area contributed by atoms with E-state index in [4.69, 9.17) is 5.11 Å². The first-order valence-corrected chi connectivity index (χ1v) is 7.10. The standard InChI is InChI=1S/C11H13F4NO3S/c12-9-3-2-8(7-17)10(6-9)20(18,19)16-5-1-4-11(13,14)15/h2-3,6,16-17H,1,4-5,7H2. The van der Waals surface area contributed by atoms with Gasteiger partial charge in [-0.25, -0.2) is 17.5 Å². The van der Waals surface area contributed by atoms with Crippen molar-refractivity contribution in [1.29, 1.82) is 0 Å². The molecule has 114 valence electrons. The Hall–Kier alpha value is -1.19. The molecule has 0 saturated carbocycles. The maximum Gasteiger partial charge on any atom is 0.389 e. The van der Waals surface area contributed by atoms with Gasteiger partial charge >= 0.3 is 6.18 Å². The van der Waals surface area contributed by atoms with Gasteiger partial charge in [-0.2, -0.15) is 13.2 Å². The summed E-state index contributed by atoms with van der Waals surface area (Å²) in [6.45, 7) is -1.05. The fourth-order valence-corrected chi connectivity index (χ4v) is 2.80. The van der Waals surface area contributed by atoms with Crippen molar-refractivity contribution in [3.8, 4) is 0 Å². The largest absolute Gasteiger partial charge is 0.392 e. The Balaban J connectivity index is 2.77. The lowest BCUT2D eigenvalue weighted by Crippen LogP contribution is -2.27. The molecule has 0 aliphatic heterocycles. The number of halogens is 4. The SMILES string of the molecule is O=S(=O)(NCCCC(F)(F)F)c1cc(F)ccc1CO. The second kappa shape index (κ2) is 6.51. The van der Waals surface area contributed by atoms with E-state index in [1.54, 1.807) is 0 Å². The number of aliphatic hydroxyl groups excluding tert-OH is 1. The highest BCUT2D eigenvalue weighted by molar-refractivity contribution is 7.89. The van der Waals surface area contributed by atoms with Crippen LogP contribution in [0, 0.1) is 5.82 Å². The van der Waals surface area contributed by atoms with E-state index in [1.165, 1.54) is 0 Å². The average molecular weight is 315 g/mol. The predicted molar refractivity (Wildman–Crippen MR) is 62.8 cm³/mol. The van der Waals surface area contributed by atoms with Gasteiger partial charge in [0.1, 0.15) is 5.82 Å². The van der Waals surface area contributed by atoms with Crippen molar-refractivity contribution in [2.24, 2.45) is 0 Å². The first-order chi connectivity index (χ1) is 9.15. The van der Waals surface area contributed by atoms with E-state index in [2.05, 4.69) is 0 Å². The lowest BCUT2D eigenvalue weighted by Gasteiger charge is -2.11. The number of alkyl halides is 3. The molecule has 1 rings (SSSR count). The molecule has 0 aliphatic rings. The van der Waals surface area contributed by atoms with Crippen LogP contribution in [0.3, 0.4) is 0 Å². The molecule has 0 amide bonds. The molecular formula is C11H13F4NO3S. The van der Waals surface area contributed by atoms with Gasteiger partial charge in [-0.15, -0.1) is 0 Å². The Kier molecular flexibility index (Phi) is 5.49. The molecule has 0 saturated heterocycles. The molecule has 9 heteroatoms. The van der Waals surface area contributed by atoms with Gasteiger partial charge in [-0.3, -0.25) is 0 Å². The van der Waals surface area contributed by atoms with Crippen molar-refractivity contribution in [2.45, 2.75) is 30.5 Å². The third kappa shape index (κ3) is 5.06. The smallest absolute Gasteiger partial charge is 0.389 e. The average Bonchev–Trinajstić information content (AvgIpc) is 2.33. The number of rotatable bonds is 6. The third-order valence-electron chi connectivity index (χ3n) is 2.42. The Labute approximate surface area is 113 Å². The third-order valence-corrected chi connectivity index (χ3v) is 3.96. The van der Waals surface area contributed by atoms with E-state index >= 15 is 0 Å². The minimum absolute atomic E-state index is 0.0327. The summed E-state index contributed by atoms with van der Waals surface area (Å²) in [5.41, 5.74) is -0.0327. The molecule has 1 aromatic carbocycles. The molecule has 0 fully saturated rings. The molecule has 0 heterocycles. The van der Waals surface area contributed by atoms with Crippen molar-refractivity contribution in [2.75, 3.05) is 6.54 Å². The molecule has 4 nitrogen and oxygen atoms in total. The summed E-state index contributed by atoms with van der Waals surface area (Å²) < 4.78 is 74.3.